The van der Waals surface area contributed by atoms with Crippen LogP contribution in [-0.2, 0) is 11.3 Å². The maximum Gasteiger partial charge on any atom is 0.253 e. The zero-order chi connectivity index (χ0) is 15.9. The van der Waals surface area contributed by atoms with Gasteiger partial charge in [-0.1, -0.05) is 42.5 Å². The Morgan fingerprint density at radius 3 is 2.50 bits per heavy atom. The number of nitrogens with one attached hydrogen (secondary N) is 2. The molecule has 0 spiro atoms. The molecule has 22 heavy (non-hydrogen) atoms. The second-order valence-corrected chi connectivity index (χ2v) is 4.81. The normalized spacial score (nSPS) is 11.5. The largest absolute Gasteiger partial charge is 0.378 e. The number of carbonyl (C=O) groups excluding carboxylic acids is 2. The summed E-state index contributed by atoms with van der Waals surface area (Å²) < 4.78 is 0. The van der Waals surface area contributed by atoms with Gasteiger partial charge in [-0.05, 0) is 23.3 Å². The van der Waals surface area contributed by atoms with Crippen molar-refractivity contribution in [1.82, 2.24) is 10.6 Å². The summed E-state index contributed by atoms with van der Waals surface area (Å²) in [7, 11) is 1.56. The summed E-state index contributed by atoms with van der Waals surface area (Å²) in [6.07, 6.45) is -1.21. The van der Waals surface area contributed by atoms with Crippen LogP contribution >= 0.6 is 0 Å². The predicted molar refractivity (Wildman–Crippen MR) is 83.1 cm³/mol. The molecule has 0 saturated carbocycles. The summed E-state index contributed by atoms with van der Waals surface area (Å²) >= 11 is 0. The molecule has 2 rings (SSSR count). The fourth-order valence-electron chi connectivity index (χ4n) is 2.04. The molecule has 1 atom stereocenters. The van der Waals surface area contributed by atoms with Crippen LogP contribution in [0.4, 0.5) is 0 Å². The van der Waals surface area contributed by atoms with Crippen molar-refractivity contribution in [3.05, 3.63) is 71.3 Å². The first-order valence-corrected chi connectivity index (χ1v) is 6.93. The van der Waals surface area contributed by atoms with Crippen LogP contribution in [0.1, 0.15) is 27.6 Å². The number of rotatable bonds is 5. The molecule has 0 bridgehead atoms. The van der Waals surface area contributed by atoms with Crippen molar-refractivity contribution in [3.63, 3.8) is 0 Å². The quantitative estimate of drug-likeness (QED) is 0.780. The van der Waals surface area contributed by atoms with E-state index in [2.05, 4.69) is 10.6 Å². The SMILES string of the molecule is CNC(=O)c1cccc(CNC(=O)C(O)c2ccccc2)c1. The summed E-state index contributed by atoms with van der Waals surface area (Å²) in [6.45, 7) is 0.244. The van der Waals surface area contributed by atoms with E-state index < -0.39 is 12.0 Å². The Kier molecular flexibility index (Phi) is 5.27. The Labute approximate surface area is 129 Å². The standard InChI is InChI=1S/C17H18N2O3/c1-18-16(21)14-9-5-6-12(10-14)11-19-17(22)15(20)13-7-3-2-4-8-13/h2-10,15,20H,11H2,1H3,(H,18,21)(H,19,22). The lowest BCUT2D eigenvalue weighted by Crippen LogP contribution is -2.29. The van der Waals surface area contributed by atoms with Crippen LogP contribution in [-0.4, -0.2) is 24.0 Å². The van der Waals surface area contributed by atoms with Crippen molar-refractivity contribution in [2.45, 2.75) is 12.6 Å². The molecule has 2 amide bonds. The van der Waals surface area contributed by atoms with Crippen LogP contribution in [0.25, 0.3) is 0 Å². The maximum atomic E-state index is 12.0. The summed E-state index contributed by atoms with van der Waals surface area (Å²) in [6, 6.07) is 15.7. The van der Waals surface area contributed by atoms with Crippen molar-refractivity contribution in [2.24, 2.45) is 0 Å². The number of aliphatic hydroxyl groups is 1. The Bertz CT molecular complexity index is 656. The highest BCUT2D eigenvalue weighted by Gasteiger charge is 2.16. The van der Waals surface area contributed by atoms with E-state index in [1.165, 1.54) is 0 Å². The van der Waals surface area contributed by atoms with Gasteiger partial charge in [0.25, 0.3) is 11.8 Å². The third kappa shape index (κ3) is 3.93. The Morgan fingerprint density at radius 2 is 1.82 bits per heavy atom. The third-order valence-corrected chi connectivity index (χ3v) is 3.25. The number of carbonyl (C=O) groups is 2. The minimum atomic E-state index is -1.21. The number of amides is 2. The molecule has 2 aromatic rings. The van der Waals surface area contributed by atoms with Crippen molar-refractivity contribution in [1.29, 1.82) is 0 Å². The number of benzene rings is 2. The van der Waals surface area contributed by atoms with Gasteiger partial charge < -0.3 is 15.7 Å². The first-order chi connectivity index (χ1) is 10.6. The van der Waals surface area contributed by atoms with Crippen molar-refractivity contribution < 1.29 is 14.7 Å². The molecule has 3 N–H and O–H groups in total. The van der Waals surface area contributed by atoms with E-state index >= 15 is 0 Å². The average Bonchev–Trinajstić information content (AvgIpc) is 2.59. The molecule has 0 aromatic heterocycles. The zero-order valence-corrected chi connectivity index (χ0v) is 12.2. The first kappa shape index (κ1) is 15.7. The van der Waals surface area contributed by atoms with Gasteiger partial charge in [-0.25, -0.2) is 0 Å². The van der Waals surface area contributed by atoms with E-state index in [-0.39, 0.29) is 12.5 Å². The lowest BCUT2D eigenvalue weighted by Gasteiger charge is -2.12. The molecule has 5 nitrogen and oxygen atoms in total. The zero-order valence-electron chi connectivity index (χ0n) is 12.2. The molecule has 0 aliphatic carbocycles. The Morgan fingerprint density at radius 1 is 1.09 bits per heavy atom. The second kappa shape index (κ2) is 7.38. The summed E-state index contributed by atoms with van der Waals surface area (Å²) in [5, 5.41) is 15.2. The van der Waals surface area contributed by atoms with E-state index in [1.54, 1.807) is 49.5 Å². The molecule has 0 heterocycles. The molecular formula is C17H18N2O3. The fourth-order valence-corrected chi connectivity index (χ4v) is 2.04. The molecule has 114 valence electrons. The van der Waals surface area contributed by atoms with Crippen LogP contribution in [0.2, 0.25) is 0 Å². The van der Waals surface area contributed by atoms with Crippen LogP contribution in [0, 0.1) is 0 Å². The minimum absolute atomic E-state index is 0.183. The smallest absolute Gasteiger partial charge is 0.253 e. The summed E-state index contributed by atoms with van der Waals surface area (Å²) in [4.78, 5) is 23.5. The second-order valence-electron chi connectivity index (χ2n) is 4.81. The Balaban J connectivity index is 1.98. The fraction of sp³-hybridized carbons (Fsp3) is 0.176. The molecule has 0 saturated heterocycles. The molecule has 0 aliphatic heterocycles. The number of aliphatic hydroxyl groups excluding tert-OH is 1. The van der Waals surface area contributed by atoms with Gasteiger partial charge in [-0.15, -0.1) is 0 Å². The van der Waals surface area contributed by atoms with Crippen molar-refractivity contribution in [2.75, 3.05) is 7.05 Å². The lowest BCUT2D eigenvalue weighted by molar-refractivity contribution is -0.129. The Hall–Kier alpha value is -2.66. The molecule has 1 unspecified atom stereocenters. The third-order valence-electron chi connectivity index (χ3n) is 3.25. The predicted octanol–water partition coefficient (Wildman–Crippen LogP) is 1.40. The first-order valence-electron chi connectivity index (χ1n) is 6.93. The average molecular weight is 298 g/mol. The van der Waals surface area contributed by atoms with Gasteiger partial charge in [0.15, 0.2) is 6.10 Å². The van der Waals surface area contributed by atoms with Gasteiger partial charge >= 0.3 is 0 Å². The summed E-state index contributed by atoms with van der Waals surface area (Å²) in [5.41, 5.74) is 1.85. The van der Waals surface area contributed by atoms with Crippen LogP contribution in [0.15, 0.2) is 54.6 Å². The van der Waals surface area contributed by atoms with Gasteiger partial charge in [0, 0.05) is 19.2 Å². The molecule has 0 radical (unpaired) electrons. The number of hydrogen-bond acceptors (Lipinski definition) is 3. The van der Waals surface area contributed by atoms with Gasteiger partial charge in [-0.2, -0.15) is 0 Å². The van der Waals surface area contributed by atoms with Crippen molar-refractivity contribution in [3.8, 4) is 0 Å². The van der Waals surface area contributed by atoms with Crippen molar-refractivity contribution >= 4 is 11.8 Å². The van der Waals surface area contributed by atoms with E-state index in [4.69, 9.17) is 0 Å². The highest BCUT2D eigenvalue weighted by atomic mass is 16.3. The monoisotopic (exact) mass is 298 g/mol. The molecule has 0 fully saturated rings. The highest BCUT2D eigenvalue weighted by molar-refractivity contribution is 5.94. The topological polar surface area (TPSA) is 78.4 Å². The minimum Gasteiger partial charge on any atom is -0.378 e. The number of hydrogen-bond donors (Lipinski definition) is 3. The molecule has 0 aliphatic rings. The maximum absolute atomic E-state index is 12.0. The highest BCUT2D eigenvalue weighted by Crippen LogP contribution is 2.12. The van der Waals surface area contributed by atoms with Gasteiger partial charge in [0.1, 0.15) is 0 Å². The van der Waals surface area contributed by atoms with E-state index in [1.807, 2.05) is 12.1 Å². The van der Waals surface area contributed by atoms with Gasteiger partial charge in [0.05, 0.1) is 0 Å². The van der Waals surface area contributed by atoms with Gasteiger partial charge in [-0.3, -0.25) is 9.59 Å². The summed E-state index contributed by atoms with van der Waals surface area (Å²) in [5.74, 6) is -0.658. The lowest BCUT2D eigenvalue weighted by atomic mass is 10.1. The van der Waals surface area contributed by atoms with E-state index in [0.29, 0.717) is 11.1 Å². The molecular weight excluding hydrogens is 280 g/mol. The van der Waals surface area contributed by atoms with E-state index in [0.717, 1.165) is 5.56 Å². The van der Waals surface area contributed by atoms with Crippen LogP contribution in [0.3, 0.4) is 0 Å². The van der Waals surface area contributed by atoms with E-state index in [9.17, 15) is 14.7 Å². The molecule has 2 aromatic carbocycles. The van der Waals surface area contributed by atoms with Gasteiger partial charge in [0.2, 0.25) is 0 Å². The van der Waals surface area contributed by atoms with Crippen LogP contribution in [0.5, 0.6) is 0 Å². The van der Waals surface area contributed by atoms with Crippen LogP contribution < -0.4 is 10.6 Å². The molecule has 5 heteroatoms.